The maximum absolute atomic E-state index is 12.6. The van der Waals surface area contributed by atoms with Crippen molar-refractivity contribution in [2.24, 2.45) is 5.92 Å². The number of carbonyl (C=O) groups is 2. The van der Waals surface area contributed by atoms with Gasteiger partial charge in [-0.05, 0) is 59.2 Å². The van der Waals surface area contributed by atoms with E-state index in [9.17, 15) is 23.1 Å². The molecule has 3 N–H and O–H groups in total. The lowest BCUT2D eigenvalue weighted by atomic mass is 10.1. The van der Waals surface area contributed by atoms with E-state index >= 15 is 0 Å². The van der Waals surface area contributed by atoms with Crippen LogP contribution in [0, 0.1) is 5.92 Å². The van der Waals surface area contributed by atoms with E-state index in [1.807, 2.05) is 17.5 Å². The van der Waals surface area contributed by atoms with E-state index in [2.05, 4.69) is 10.0 Å². The minimum atomic E-state index is -3.99. The van der Waals surface area contributed by atoms with E-state index in [0.717, 1.165) is 17.5 Å². The summed E-state index contributed by atoms with van der Waals surface area (Å²) in [7, 11) is -3.99. The van der Waals surface area contributed by atoms with Gasteiger partial charge in [0.25, 0.3) is 0 Å². The summed E-state index contributed by atoms with van der Waals surface area (Å²) in [6.45, 7) is 3.74. The highest BCUT2D eigenvalue weighted by atomic mass is 32.2. The minimum Gasteiger partial charge on any atom is -0.480 e. The van der Waals surface area contributed by atoms with Crippen LogP contribution in [0.4, 0.5) is 4.79 Å². The molecule has 10 heteroatoms. The molecule has 1 amide bonds. The summed E-state index contributed by atoms with van der Waals surface area (Å²) in [6, 6.07) is 15.7. The van der Waals surface area contributed by atoms with Gasteiger partial charge in [0.2, 0.25) is 10.0 Å². The van der Waals surface area contributed by atoms with Gasteiger partial charge < -0.3 is 15.2 Å². The van der Waals surface area contributed by atoms with E-state index in [-0.39, 0.29) is 4.90 Å². The summed E-state index contributed by atoms with van der Waals surface area (Å²) in [6.07, 6.45) is 0.203. The van der Waals surface area contributed by atoms with E-state index in [1.165, 1.54) is 17.0 Å². The van der Waals surface area contributed by atoms with Crippen molar-refractivity contribution in [1.29, 1.82) is 0 Å². The fourth-order valence-corrected chi connectivity index (χ4v) is 5.18. The highest BCUT2D eigenvalue weighted by Gasteiger charge is 2.27. The first-order valence-electron chi connectivity index (χ1n) is 10.6. The van der Waals surface area contributed by atoms with E-state index in [4.69, 9.17) is 4.74 Å². The van der Waals surface area contributed by atoms with Gasteiger partial charge in [0.05, 0.1) is 4.90 Å². The Morgan fingerprint density at radius 3 is 2.15 bits per heavy atom. The number of aliphatic carboxylic acids is 1. The van der Waals surface area contributed by atoms with Crippen molar-refractivity contribution < 1.29 is 27.9 Å². The van der Waals surface area contributed by atoms with Gasteiger partial charge in [-0.1, -0.05) is 44.2 Å². The molecule has 1 atom stereocenters. The predicted octanol–water partition coefficient (Wildman–Crippen LogP) is 4.13. The highest BCUT2D eigenvalue weighted by molar-refractivity contribution is 7.89. The molecule has 0 aliphatic carbocycles. The van der Waals surface area contributed by atoms with Crippen molar-refractivity contribution in [3.63, 3.8) is 0 Å². The third-order valence-corrected chi connectivity index (χ3v) is 7.39. The lowest BCUT2D eigenvalue weighted by molar-refractivity contribution is -0.140. The number of amides is 1. The summed E-state index contributed by atoms with van der Waals surface area (Å²) < 4.78 is 32.6. The Bertz CT molecular complexity index is 1210. The number of rotatable bonds is 10. The first kappa shape index (κ1) is 25.4. The molecular weight excluding hydrogens is 476 g/mol. The van der Waals surface area contributed by atoms with Gasteiger partial charge in [0.15, 0.2) is 0 Å². The Morgan fingerprint density at radius 2 is 1.62 bits per heavy atom. The number of ether oxygens (including phenoxy) is 1. The van der Waals surface area contributed by atoms with Crippen LogP contribution in [-0.2, 0) is 21.2 Å². The van der Waals surface area contributed by atoms with Crippen LogP contribution in [0.3, 0.4) is 0 Å². The molecule has 2 aromatic carbocycles. The van der Waals surface area contributed by atoms with Crippen LogP contribution in [0.25, 0.3) is 11.1 Å². The van der Waals surface area contributed by atoms with Crippen molar-refractivity contribution in [1.82, 2.24) is 10.0 Å². The second-order valence-corrected chi connectivity index (χ2v) is 10.6. The predicted molar refractivity (Wildman–Crippen MR) is 131 cm³/mol. The molecule has 3 rings (SSSR count). The summed E-state index contributed by atoms with van der Waals surface area (Å²) >= 11 is 1.63. The van der Waals surface area contributed by atoms with Crippen LogP contribution < -0.4 is 14.8 Å². The van der Waals surface area contributed by atoms with Crippen LogP contribution in [0.5, 0.6) is 5.75 Å². The molecular formula is C24H26N2O6S2. The second-order valence-electron chi connectivity index (χ2n) is 7.88. The Morgan fingerprint density at radius 1 is 1.00 bits per heavy atom. The van der Waals surface area contributed by atoms with Gasteiger partial charge in [-0.3, -0.25) is 4.79 Å². The fourth-order valence-electron chi connectivity index (χ4n) is 3.13. The lowest BCUT2D eigenvalue weighted by Crippen LogP contribution is -2.44. The number of carboxylic acids is 1. The van der Waals surface area contributed by atoms with Crippen molar-refractivity contribution in [3.05, 3.63) is 70.9 Å². The largest absolute Gasteiger partial charge is 0.480 e. The van der Waals surface area contributed by atoms with E-state index in [1.54, 1.807) is 61.6 Å². The highest BCUT2D eigenvalue weighted by Crippen LogP contribution is 2.24. The van der Waals surface area contributed by atoms with Gasteiger partial charge in [0, 0.05) is 11.4 Å². The first-order valence-corrected chi connectivity index (χ1v) is 13.0. The van der Waals surface area contributed by atoms with Crippen LogP contribution in [-0.4, -0.2) is 38.2 Å². The molecule has 0 spiro atoms. The third-order valence-electron chi connectivity index (χ3n) is 5.00. The van der Waals surface area contributed by atoms with Crippen molar-refractivity contribution in [2.45, 2.75) is 31.2 Å². The number of benzene rings is 2. The van der Waals surface area contributed by atoms with Gasteiger partial charge >= 0.3 is 12.1 Å². The number of hydrogen-bond acceptors (Lipinski definition) is 6. The fraction of sp³-hybridized carbons (Fsp3) is 0.250. The van der Waals surface area contributed by atoms with Crippen LogP contribution in [0.1, 0.15) is 18.7 Å². The van der Waals surface area contributed by atoms with Crippen molar-refractivity contribution >= 4 is 33.4 Å². The summed E-state index contributed by atoms with van der Waals surface area (Å²) in [5.74, 6) is -1.25. The SMILES string of the molecule is CC(C)C(NS(=O)(=O)c1ccc(-c2ccc(OC(=O)NCCc3cccs3)cc2)cc1)C(=O)O. The van der Waals surface area contributed by atoms with E-state index < -0.39 is 34.0 Å². The first-order chi connectivity index (χ1) is 16.2. The maximum atomic E-state index is 12.6. The van der Waals surface area contributed by atoms with Gasteiger partial charge in [-0.2, -0.15) is 4.72 Å². The smallest absolute Gasteiger partial charge is 0.412 e. The number of hydrogen-bond donors (Lipinski definition) is 3. The molecule has 1 unspecified atom stereocenters. The normalized spacial score (nSPS) is 12.3. The Hall–Kier alpha value is -3.21. The number of thiophene rings is 1. The summed E-state index contributed by atoms with van der Waals surface area (Å²) in [5, 5.41) is 13.9. The van der Waals surface area contributed by atoms with Crippen molar-refractivity contribution in [2.75, 3.05) is 6.54 Å². The molecule has 1 heterocycles. The number of nitrogens with one attached hydrogen (secondary N) is 2. The molecule has 0 saturated carbocycles. The molecule has 3 aromatic rings. The van der Waals surface area contributed by atoms with Gasteiger partial charge in [-0.15, -0.1) is 11.3 Å². The van der Waals surface area contributed by atoms with Gasteiger partial charge in [0.1, 0.15) is 11.8 Å². The third kappa shape index (κ3) is 6.89. The minimum absolute atomic E-state index is 0.0256. The molecule has 0 radical (unpaired) electrons. The topological polar surface area (TPSA) is 122 Å². The summed E-state index contributed by atoms with van der Waals surface area (Å²) in [4.78, 5) is 24.4. The van der Waals surface area contributed by atoms with Crippen molar-refractivity contribution in [3.8, 4) is 16.9 Å². The monoisotopic (exact) mass is 502 g/mol. The zero-order valence-corrected chi connectivity index (χ0v) is 20.4. The average molecular weight is 503 g/mol. The zero-order valence-electron chi connectivity index (χ0n) is 18.7. The quantitative estimate of drug-likeness (QED) is 0.383. The van der Waals surface area contributed by atoms with Crippen LogP contribution in [0.15, 0.2) is 70.9 Å². The molecule has 0 aliphatic rings. The molecule has 1 aromatic heterocycles. The zero-order chi connectivity index (χ0) is 24.7. The van der Waals surface area contributed by atoms with Crippen LogP contribution in [0.2, 0.25) is 0 Å². The molecule has 0 fully saturated rings. The molecule has 180 valence electrons. The average Bonchev–Trinajstić information content (AvgIpc) is 3.31. The van der Waals surface area contributed by atoms with Gasteiger partial charge in [-0.25, -0.2) is 13.2 Å². The number of carbonyl (C=O) groups excluding carboxylic acids is 1. The molecule has 8 nitrogen and oxygen atoms in total. The second kappa shape index (κ2) is 11.3. The Kier molecular flexibility index (Phi) is 8.43. The number of carboxylic acid groups (broad SMARTS) is 1. The molecule has 0 saturated heterocycles. The summed E-state index contributed by atoms with van der Waals surface area (Å²) in [5.41, 5.74) is 1.55. The number of sulfonamides is 1. The molecule has 0 bridgehead atoms. The standard InChI is InChI=1S/C24H26N2O6S2/c1-16(2)22(23(27)28)26-34(30,31)21-11-7-18(8-12-21)17-5-9-19(10-6-17)32-24(29)25-14-13-20-4-3-15-33-20/h3-12,15-16,22,26H,13-14H2,1-2H3,(H,25,29)(H,27,28). The van der Waals surface area contributed by atoms with E-state index in [0.29, 0.717) is 12.3 Å². The maximum Gasteiger partial charge on any atom is 0.412 e. The Balaban J connectivity index is 1.59. The van der Waals surface area contributed by atoms with Crippen LogP contribution >= 0.6 is 11.3 Å². The molecule has 0 aliphatic heterocycles. The Labute approximate surface area is 202 Å². The molecule has 34 heavy (non-hydrogen) atoms. The lowest BCUT2D eigenvalue weighted by Gasteiger charge is -2.18.